The van der Waals surface area contributed by atoms with Gasteiger partial charge in [-0.2, -0.15) is 5.10 Å². The number of amides is 1. The summed E-state index contributed by atoms with van der Waals surface area (Å²) in [5.41, 5.74) is 3.93. The summed E-state index contributed by atoms with van der Waals surface area (Å²) in [7, 11) is 0. The molecule has 3 aromatic rings. The van der Waals surface area contributed by atoms with E-state index in [-0.39, 0.29) is 5.91 Å². The van der Waals surface area contributed by atoms with Gasteiger partial charge in [-0.05, 0) is 71.1 Å². The van der Waals surface area contributed by atoms with Crippen LogP contribution in [0, 0.1) is 3.57 Å². The van der Waals surface area contributed by atoms with E-state index in [0.29, 0.717) is 27.5 Å². The summed E-state index contributed by atoms with van der Waals surface area (Å²) in [5, 5.41) is 4.51. The Hall–Kier alpha value is -2.71. The molecule has 0 aliphatic rings. The largest absolute Gasteiger partial charge is 0.422 e. The number of carbonyl (C=O) groups excluding carboxylic acids is 2. The highest BCUT2D eigenvalue weighted by atomic mass is 127. The summed E-state index contributed by atoms with van der Waals surface area (Å²) in [5.74, 6) is -0.507. The highest BCUT2D eigenvalue weighted by Gasteiger charge is 2.11. The number of carbonyl (C=O) groups is 2. The molecule has 0 fully saturated rings. The van der Waals surface area contributed by atoms with Gasteiger partial charge in [0.25, 0.3) is 5.91 Å². The second-order valence-corrected chi connectivity index (χ2v) is 7.21. The van der Waals surface area contributed by atoms with Crippen molar-refractivity contribution in [1.82, 2.24) is 5.43 Å². The maximum atomic E-state index is 12.3. The number of nitrogens with zero attached hydrogens (tertiary/aromatic N) is 1. The van der Waals surface area contributed by atoms with Gasteiger partial charge in [0.1, 0.15) is 5.75 Å². The van der Waals surface area contributed by atoms with E-state index in [9.17, 15) is 9.59 Å². The number of halogens is 2. The minimum Gasteiger partial charge on any atom is -0.422 e. The quantitative estimate of drug-likeness (QED) is 0.176. The standard InChI is InChI=1S/C21H14ClIN2O3/c22-16-11-9-14(10-12-16)21(27)28-19-8-4-1-5-15(19)13-24-25-20(26)17-6-2-3-7-18(17)23/h1-13H,(H,25,26)/b24-13-. The van der Waals surface area contributed by atoms with Crippen LogP contribution in [0.1, 0.15) is 26.3 Å². The minimum absolute atomic E-state index is 0.322. The summed E-state index contributed by atoms with van der Waals surface area (Å²) >= 11 is 7.92. The number of ether oxygens (including phenoxy) is 1. The van der Waals surface area contributed by atoms with Crippen molar-refractivity contribution < 1.29 is 14.3 Å². The molecule has 140 valence electrons. The fourth-order valence-corrected chi connectivity index (χ4v) is 3.05. The second-order valence-electron chi connectivity index (χ2n) is 5.61. The molecule has 1 N–H and O–H groups in total. The molecule has 0 spiro atoms. The molecule has 1 amide bonds. The Kier molecular flexibility index (Phi) is 6.78. The van der Waals surface area contributed by atoms with Gasteiger partial charge in [-0.1, -0.05) is 35.9 Å². The number of benzene rings is 3. The Morgan fingerprint density at radius 3 is 2.39 bits per heavy atom. The smallest absolute Gasteiger partial charge is 0.343 e. The molecule has 7 heteroatoms. The van der Waals surface area contributed by atoms with E-state index in [2.05, 4.69) is 33.1 Å². The first-order valence-electron chi connectivity index (χ1n) is 8.19. The molecule has 5 nitrogen and oxygen atoms in total. The summed E-state index contributed by atoms with van der Waals surface area (Å²) < 4.78 is 6.27. The first-order valence-corrected chi connectivity index (χ1v) is 9.65. The number of esters is 1. The molecule has 3 rings (SSSR count). The summed E-state index contributed by atoms with van der Waals surface area (Å²) in [6.45, 7) is 0. The zero-order valence-electron chi connectivity index (χ0n) is 14.4. The molecule has 0 saturated heterocycles. The predicted molar refractivity (Wildman–Crippen MR) is 117 cm³/mol. The van der Waals surface area contributed by atoms with Crippen LogP contribution in [0.5, 0.6) is 5.75 Å². The summed E-state index contributed by atoms with van der Waals surface area (Å²) in [6, 6.07) is 20.5. The van der Waals surface area contributed by atoms with Crippen molar-refractivity contribution in [1.29, 1.82) is 0 Å². The van der Waals surface area contributed by atoms with Crippen LogP contribution in [0.25, 0.3) is 0 Å². The molecule has 0 aromatic heterocycles. The molecule has 0 bridgehead atoms. The lowest BCUT2D eigenvalue weighted by molar-refractivity contribution is 0.0734. The van der Waals surface area contributed by atoms with Crippen molar-refractivity contribution >= 4 is 52.3 Å². The van der Waals surface area contributed by atoms with Crippen LogP contribution in [-0.4, -0.2) is 18.1 Å². The average Bonchev–Trinajstić information content (AvgIpc) is 2.70. The van der Waals surface area contributed by atoms with Gasteiger partial charge in [-0.15, -0.1) is 0 Å². The molecule has 28 heavy (non-hydrogen) atoms. The van der Waals surface area contributed by atoms with Crippen LogP contribution < -0.4 is 10.2 Å². The zero-order chi connectivity index (χ0) is 19.9. The predicted octanol–water partition coefficient (Wildman–Crippen LogP) is 4.93. The fraction of sp³-hybridized carbons (Fsp3) is 0. The van der Waals surface area contributed by atoms with Gasteiger partial charge in [-0.3, -0.25) is 4.79 Å². The van der Waals surface area contributed by atoms with Crippen LogP contribution in [0.15, 0.2) is 77.9 Å². The Morgan fingerprint density at radius 2 is 1.64 bits per heavy atom. The van der Waals surface area contributed by atoms with Gasteiger partial charge in [-0.25, -0.2) is 10.2 Å². The van der Waals surface area contributed by atoms with E-state index >= 15 is 0 Å². The number of hydrogen-bond acceptors (Lipinski definition) is 4. The number of para-hydroxylation sites is 1. The maximum absolute atomic E-state index is 12.3. The van der Waals surface area contributed by atoms with Crippen LogP contribution in [0.2, 0.25) is 5.02 Å². The van der Waals surface area contributed by atoms with E-state index in [1.165, 1.54) is 6.21 Å². The van der Waals surface area contributed by atoms with Gasteiger partial charge < -0.3 is 4.74 Å². The molecule has 0 aliphatic heterocycles. The Morgan fingerprint density at radius 1 is 0.964 bits per heavy atom. The number of rotatable bonds is 5. The monoisotopic (exact) mass is 504 g/mol. The lowest BCUT2D eigenvalue weighted by atomic mass is 10.2. The highest BCUT2D eigenvalue weighted by Crippen LogP contribution is 2.18. The summed E-state index contributed by atoms with van der Waals surface area (Å²) in [4.78, 5) is 24.5. The van der Waals surface area contributed by atoms with Crippen molar-refractivity contribution in [3.05, 3.63) is 98.1 Å². The van der Waals surface area contributed by atoms with Crippen molar-refractivity contribution in [3.63, 3.8) is 0 Å². The second kappa shape index (κ2) is 9.48. The Balaban J connectivity index is 1.70. The summed E-state index contributed by atoms with van der Waals surface area (Å²) in [6.07, 6.45) is 1.43. The Labute approximate surface area is 180 Å². The average molecular weight is 505 g/mol. The van der Waals surface area contributed by atoms with E-state index in [1.807, 2.05) is 12.1 Å². The van der Waals surface area contributed by atoms with Gasteiger partial charge in [0.15, 0.2) is 0 Å². The topological polar surface area (TPSA) is 67.8 Å². The molecule has 3 aromatic carbocycles. The van der Waals surface area contributed by atoms with E-state index in [4.69, 9.17) is 16.3 Å². The molecular formula is C21H14ClIN2O3. The van der Waals surface area contributed by atoms with Crippen molar-refractivity contribution in [2.45, 2.75) is 0 Å². The number of hydrazone groups is 1. The third kappa shape index (κ3) is 5.17. The van der Waals surface area contributed by atoms with Crippen LogP contribution in [-0.2, 0) is 0 Å². The van der Waals surface area contributed by atoms with Crippen LogP contribution in [0.3, 0.4) is 0 Å². The van der Waals surface area contributed by atoms with Crippen molar-refractivity contribution in [2.24, 2.45) is 5.10 Å². The first kappa shape index (κ1) is 20.0. The number of nitrogens with one attached hydrogen (secondary N) is 1. The minimum atomic E-state index is -0.514. The third-order valence-electron chi connectivity index (χ3n) is 3.69. The van der Waals surface area contributed by atoms with Crippen LogP contribution >= 0.6 is 34.2 Å². The molecule has 0 aliphatic carbocycles. The zero-order valence-corrected chi connectivity index (χ0v) is 17.3. The molecule has 0 radical (unpaired) electrons. The lowest BCUT2D eigenvalue weighted by Crippen LogP contribution is -2.18. The molecule has 0 heterocycles. The maximum Gasteiger partial charge on any atom is 0.343 e. The molecule has 0 unspecified atom stereocenters. The van der Waals surface area contributed by atoms with E-state index in [1.54, 1.807) is 60.7 Å². The Bertz CT molecular complexity index is 1040. The van der Waals surface area contributed by atoms with Gasteiger partial charge >= 0.3 is 5.97 Å². The van der Waals surface area contributed by atoms with Gasteiger partial charge in [0.2, 0.25) is 0 Å². The fourth-order valence-electron chi connectivity index (χ4n) is 2.29. The van der Waals surface area contributed by atoms with Crippen molar-refractivity contribution in [2.75, 3.05) is 0 Å². The number of hydrogen-bond donors (Lipinski definition) is 1. The van der Waals surface area contributed by atoms with E-state index in [0.717, 1.165) is 3.57 Å². The molecular weight excluding hydrogens is 491 g/mol. The van der Waals surface area contributed by atoms with Gasteiger partial charge in [0, 0.05) is 14.2 Å². The van der Waals surface area contributed by atoms with Crippen LogP contribution in [0.4, 0.5) is 0 Å². The first-order chi connectivity index (χ1) is 13.5. The van der Waals surface area contributed by atoms with Gasteiger partial charge in [0.05, 0.1) is 17.3 Å². The van der Waals surface area contributed by atoms with E-state index < -0.39 is 5.97 Å². The molecule has 0 atom stereocenters. The highest BCUT2D eigenvalue weighted by molar-refractivity contribution is 14.1. The third-order valence-corrected chi connectivity index (χ3v) is 4.88. The lowest BCUT2D eigenvalue weighted by Gasteiger charge is -2.07. The normalized spacial score (nSPS) is 10.6. The molecule has 0 saturated carbocycles. The van der Waals surface area contributed by atoms with Crippen molar-refractivity contribution in [3.8, 4) is 5.75 Å². The SMILES string of the molecule is O=C(Oc1ccccc1/C=N\NC(=O)c1ccccc1I)c1ccc(Cl)cc1.